The minimum absolute atomic E-state index is 0. The quantitative estimate of drug-likeness (QED) is 0.544. The first kappa shape index (κ1) is 22.3. The number of aromatic nitrogens is 1. The summed E-state index contributed by atoms with van der Waals surface area (Å²) in [5.74, 6) is 0.516. The second kappa shape index (κ2) is 10.1. The van der Waals surface area contributed by atoms with Crippen LogP contribution in [0.2, 0.25) is 0 Å². The van der Waals surface area contributed by atoms with E-state index in [1.165, 1.54) is 11.1 Å². The van der Waals surface area contributed by atoms with Crippen molar-refractivity contribution >= 4 is 39.9 Å². The van der Waals surface area contributed by atoms with Gasteiger partial charge in [-0.15, -0.1) is 12.4 Å². The van der Waals surface area contributed by atoms with E-state index in [-0.39, 0.29) is 18.3 Å². The fourth-order valence-electron chi connectivity index (χ4n) is 3.54. The SMILES string of the molecule is COc1ccc(C(=O)Nc2cnc3c(c2)CN(Cc2ccccc2)CC3)cc1Br.Cl. The van der Waals surface area contributed by atoms with E-state index >= 15 is 0 Å². The average Bonchev–Trinajstić information content (AvgIpc) is 2.74. The van der Waals surface area contributed by atoms with Gasteiger partial charge >= 0.3 is 0 Å². The fraction of sp³-hybridized carbons (Fsp3) is 0.217. The second-order valence-corrected chi connectivity index (χ2v) is 7.93. The Morgan fingerprint density at radius 1 is 1.20 bits per heavy atom. The highest BCUT2D eigenvalue weighted by Crippen LogP contribution is 2.26. The van der Waals surface area contributed by atoms with E-state index in [1.807, 2.05) is 12.1 Å². The second-order valence-electron chi connectivity index (χ2n) is 7.08. The van der Waals surface area contributed by atoms with Crippen LogP contribution in [-0.2, 0) is 19.5 Å². The van der Waals surface area contributed by atoms with Gasteiger partial charge in [-0.1, -0.05) is 30.3 Å². The lowest BCUT2D eigenvalue weighted by atomic mass is 10.0. The summed E-state index contributed by atoms with van der Waals surface area (Å²) in [5.41, 5.74) is 4.85. The third-order valence-corrected chi connectivity index (χ3v) is 5.66. The number of nitrogens with one attached hydrogen (secondary N) is 1. The van der Waals surface area contributed by atoms with E-state index < -0.39 is 0 Å². The Labute approximate surface area is 191 Å². The number of benzene rings is 2. The number of ether oxygens (including phenoxy) is 1. The first-order valence-electron chi connectivity index (χ1n) is 9.51. The van der Waals surface area contributed by atoms with Gasteiger partial charge in [0.1, 0.15) is 5.75 Å². The maximum Gasteiger partial charge on any atom is 0.255 e. The van der Waals surface area contributed by atoms with Crippen LogP contribution in [0.3, 0.4) is 0 Å². The largest absolute Gasteiger partial charge is 0.496 e. The van der Waals surface area contributed by atoms with Crippen molar-refractivity contribution in [2.45, 2.75) is 19.5 Å². The van der Waals surface area contributed by atoms with Gasteiger partial charge < -0.3 is 10.1 Å². The molecule has 0 saturated heterocycles. The van der Waals surface area contributed by atoms with Gasteiger partial charge in [0.15, 0.2) is 0 Å². The molecule has 0 spiro atoms. The molecular formula is C23H23BrClN3O2. The number of hydrogen-bond donors (Lipinski definition) is 1. The first-order chi connectivity index (χ1) is 14.1. The topological polar surface area (TPSA) is 54.5 Å². The van der Waals surface area contributed by atoms with Crippen LogP contribution >= 0.6 is 28.3 Å². The van der Waals surface area contributed by atoms with E-state index in [0.29, 0.717) is 17.0 Å². The van der Waals surface area contributed by atoms with Crippen LogP contribution < -0.4 is 10.1 Å². The molecule has 1 aliphatic heterocycles. The van der Waals surface area contributed by atoms with Crippen molar-refractivity contribution in [3.63, 3.8) is 0 Å². The van der Waals surface area contributed by atoms with E-state index in [4.69, 9.17) is 4.74 Å². The van der Waals surface area contributed by atoms with Gasteiger partial charge in [-0.05, 0) is 51.3 Å². The number of carbonyl (C=O) groups excluding carboxylic acids is 1. The minimum Gasteiger partial charge on any atom is -0.496 e. The summed E-state index contributed by atoms with van der Waals surface area (Å²) in [6, 6.07) is 17.8. The molecule has 4 rings (SSSR count). The molecule has 1 amide bonds. The Morgan fingerprint density at radius 3 is 2.73 bits per heavy atom. The van der Waals surface area contributed by atoms with E-state index in [1.54, 1.807) is 31.5 Å². The monoisotopic (exact) mass is 487 g/mol. The standard InChI is InChI=1S/C23H22BrN3O2.ClH/c1-29-22-8-7-17(12-20(22)24)23(28)26-19-11-18-15-27(10-9-21(18)25-13-19)14-16-5-3-2-4-6-16;/h2-8,11-13H,9-10,14-15H2,1H3,(H,26,28);1H. The van der Waals surface area contributed by atoms with Crippen molar-refractivity contribution in [1.29, 1.82) is 0 Å². The Balaban J connectivity index is 0.00000256. The van der Waals surface area contributed by atoms with Gasteiger partial charge in [-0.25, -0.2) is 0 Å². The highest BCUT2D eigenvalue weighted by molar-refractivity contribution is 9.10. The van der Waals surface area contributed by atoms with Crippen LogP contribution in [-0.4, -0.2) is 29.4 Å². The van der Waals surface area contributed by atoms with Crippen molar-refractivity contribution in [3.05, 3.63) is 87.7 Å². The Morgan fingerprint density at radius 2 is 2.00 bits per heavy atom. The normalized spacial score (nSPS) is 13.1. The summed E-state index contributed by atoms with van der Waals surface area (Å²) in [7, 11) is 1.60. The lowest BCUT2D eigenvalue weighted by molar-refractivity contribution is 0.102. The number of fused-ring (bicyclic) bond motifs is 1. The maximum atomic E-state index is 12.6. The molecule has 0 fully saturated rings. The van der Waals surface area contributed by atoms with Crippen molar-refractivity contribution in [2.75, 3.05) is 19.0 Å². The Bertz CT molecular complexity index is 1030. The molecule has 0 radical (unpaired) electrons. The summed E-state index contributed by atoms with van der Waals surface area (Å²) in [6.45, 7) is 2.73. The predicted octanol–water partition coefficient (Wildman–Crippen LogP) is 5.09. The highest BCUT2D eigenvalue weighted by Gasteiger charge is 2.18. The van der Waals surface area contributed by atoms with Crippen LogP contribution in [0, 0.1) is 0 Å². The number of amides is 1. The molecule has 30 heavy (non-hydrogen) atoms. The van der Waals surface area contributed by atoms with Crippen molar-refractivity contribution < 1.29 is 9.53 Å². The zero-order valence-corrected chi connectivity index (χ0v) is 19.0. The van der Waals surface area contributed by atoms with Crippen LogP contribution in [0.15, 0.2) is 65.3 Å². The van der Waals surface area contributed by atoms with Gasteiger partial charge in [0, 0.05) is 37.3 Å². The smallest absolute Gasteiger partial charge is 0.255 e. The van der Waals surface area contributed by atoms with Gasteiger partial charge in [0.05, 0.1) is 23.5 Å². The zero-order valence-electron chi connectivity index (χ0n) is 16.6. The number of hydrogen-bond acceptors (Lipinski definition) is 4. The molecule has 2 aromatic carbocycles. The fourth-order valence-corrected chi connectivity index (χ4v) is 4.08. The van der Waals surface area contributed by atoms with Crippen LogP contribution in [0.5, 0.6) is 5.75 Å². The van der Waals surface area contributed by atoms with Crippen molar-refractivity contribution in [1.82, 2.24) is 9.88 Å². The number of nitrogens with zero attached hydrogens (tertiary/aromatic N) is 2. The molecule has 0 saturated carbocycles. The summed E-state index contributed by atoms with van der Waals surface area (Å²) >= 11 is 3.42. The molecule has 3 aromatic rings. The van der Waals surface area contributed by atoms with Crippen molar-refractivity contribution in [2.24, 2.45) is 0 Å². The molecule has 7 heteroatoms. The summed E-state index contributed by atoms with van der Waals surface area (Å²) in [6.07, 6.45) is 2.66. The zero-order chi connectivity index (χ0) is 20.2. The van der Waals surface area contributed by atoms with Gasteiger partial charge in [0.25, 0.3) is 5.91 Å². The Kier molecular flexibility index (Phi) is 7.48. The third kappa shape index (κ3) is 5.19. The number of methoxy groups -OCH3 is 1. The number of carbonyl (C=O) groups is 1. The molecule has 1 aromatic heterocycles. The Hall–Kier alpha value is -2.41. The van der Waals surface area contributed by atoms with Crippen LogP contribution in [0.4, 0.5) is 5.69 Å². The van der Waals surface area contributed by atoms with Gasteiger partial charge in [-0.2, -0.15) is 0 Å². The summed E-state index contributed by atoms with van der Waals surface area (Å²) in [5, 5.41) is 2.96. The molecule has 2 heterocycles. The lowest BCUT2D eigenvalue weighted by Crippen LogP contribution is -2.30. The molecule has 0 aliphatic carbocycles. The van der Waals surface area contributed by atoms with E-state index in [2.05, 4.69) is 55.4 Å². The molecule has 0 unspecified atom stereocenters. The molecule has 0 bridgehead atoms. The van der Waals surface area contributed by atoms with E-state index in [0.717, 1.165) is 36.2 Å². The summed E-state index contributed by atoms with van der Waals surface area (Å²) < 4.78 is 5.96. The minimum atomic E-state index is -0.174. The number of anilines is 1. The first-order valence-corrected chi connectivity index (χ1v) is 10.3. The molecular weight excluding hydrogens is 466 g/mol. The predicted molar refractivity (Wildman–Crippen MR) is 124 cm³/mol. The average molecular weight is 489 g/mol. The highest BCUT2D eigenvalue weighted by atomic mass is 79.9. The van der Waals surface area contributed by atoms with Crippen LogP contribution in [0.25, 0.3) is 0 Å². The summed E-state index contributed by atoms with van der Waals surface area (Å²) in [4.78, 5) is 19.6. The molecule has 1 aliphatic rings. The maximum absolute atomic E-state index is 12.6. The number of rotatable bonds is 5. The third-order valence-electron chi connectivity index (χ3n) is 5.04. The number of pyridine rings is 1. The lowest BCUT2D eigenvalue weighted by Gasteiger charge is -2.28. The molecule has 156 valence electrons. The van der Waals surface area contributed by atoms with Crippen molar-refractivity contribution in [3.8, 4) is 5.75 Å². The number of halogens is 2. The molecule has 5 nitrogen and oxygen atoms in total. The molecule has 0 atom stereocenters. The van der Waals surface area contributed by atoms with Gasteiger partial charge in [-0.3, -0.25) is 14.7 Å². The van der Waals surface area contributed by atoms with Crippen LogP contribution in [0.1, 0.15) is 27.2 Å². The van der Waals surface area contributed by atoms with E-state index in [9.17, 15) is 4.79 Å². The molecule has 1 N–H and O–H groups in total. The van der Waals surface area contributed by atoms with Gasteiger partial charge in [0.2, 0.25) is 0 Å².